The number of benzene rings is 1. The lowest BCUT2D eigenvalue weighted by molar-refractivity contribution is -0.127. The van der Waals surface area contributed by atoms with Crippen LogP contribution in [0.1, 0.15) is 38.5 Å². The van der Waals surface area contributed by atoms with Gasteiger partial charge in [-0.3, -0.25) is 4.79 Å². The van der Waals surface area contributed by atoms with Gasteiger partial charge in [-0.05, 0) is 56.2 Å². The van der Waals surface area contributed by atoms with Crippen molar-refractivity contribution < 1.29 is 14.0 Å². The quantitative estimate of drug-likeness (QED) is 0.858. The summed E-state index contributed by atoms with van der Waals surface area (Å²) in [5.74, 6) is 0.631. The molecular weight excluding hydrogens is 321 g/mol. The van der Waals surface area contributed by atoms with Crippen LogP contribution in [0.3, 0.4) is 0 Å². The molecule has 1 heterocycles. The van der Waals surface area contributed by atoms with Crippen LogP contribution in [0.5, 0.6) is 0 Å². The molecule has 0 bridgehead atoms. The molecule has 2 aliphatic rings. The summed E-state index contributed by atoms with van der Waals surface area (Å²) in [7, 11) is 0. The molecule has 136 valence electrons. The van der Waals surface area contributed by atoms with Crippen LogP contribution in [0.2, 0.25) is 0 Å². The Balaban J connectivity index is 1.35. The number of halogens is 1. The molecule has 0 atom stereocenters. The molecule has 1 aliphatic heterocycles. The number of likely N-dealkylation sites (tertiary alicyclic amines) is 1. The van der Waals surface area contributed by atoms with Crippen LogP contribution in [0.15, 0.2) is 24.3 Å². The number of hydrogen-bond donors (Lipinski definition) is 2. The van der Waals surface area contributed by atoms with Gasteiger partial charge < -0.3 is 15.5 Å². The number of carbonyl (C=O) groups is 2. The van der Waals surface area contributed by atoms with Crippen LogP contribution in [-0.4, -0.2) is 36.5 Å². The number of nitrogens with zero attached hydrogens (tertiary/aromatic N) is 1. The Bertz CT molecular complexity index is 610. The summed E-state index contributed by atoms with van der Waals surface area (Å²) in [4.78, 5) is 25.8. The van der Waals surface area contributed by atoms with E-state index in [0.29, 0.717) is 24.7 Å². The fourth-order valence-corrected chi connectivity index (χ4v) is 3.41. The normalized spacial score (nSPS) is 18.5. The molecular formula is C19H26FN3O2. The maximum absolute atomic E-state index is 13.2. The number of hydrogen-bond acceptors (Lipinski definition) is 2. The summed E-state index contributed by atoms with van der Waals surface area (Å²) >= 11 is 0. The summed E-state index contributed by atoms with van der Waals surface area (Å²) in [6, 6.07) is 5.75. The fraction of sp³-hybridized carbons (Fsp3) is 0.579. The van der Waals surface area contributed by atoms with Crippen LogP contribution in [0.4, 0.5) is 14.9 Å². The lowest BCUT2D eigenvalue weighted by atomic mass is 9.84. The molecule has 0 radical (unpaired) electrons. The zero-order valence-electron chi connectivity index (χ0n) is 14.5. The summed E-state index contributed by atoms with van der Waals surface area (Å²) in [5.41, 5.74) is 0.478. The number of piperidine rings is 1. The van der Waals surface area contributed by atoms with Crippen LogP contribution in [-0.2, 0) is 4.79 Å². The maximum Gasteiger partial charge on any atom is 0.321 e. The molecule has 0 spiro atoms. The van der Waals surface area contributed by atoms with Crippen LogP contribution < -0.4 is 10.6 Å². The van der Waals surface area contributed by atoms with Crippen molar-refractivity contribution in [1.82, 2.24) is 10.2 Å². The Morgan fingerprint density at radius 1 is 1.16 bits per heavy atom. The Morgan fingerprint density at radius 2 is 1.92 bits per heavy atom. The smallest absolute Gasteiger partial charge is 0.321 e. The Kier molecular flexibility index (Phi) is 5.89. The number of rotatable bonds is 5. The van der Waals surface area contributed by atoms with Crippen molar-refractivity contribution in [2.24, 2.45) is 11.8 Å². The summed E-state index contributed by atoms with van der Waals surface area (Å²) in [6.45, 7) is 2.13. The van der Waals surface area contributed by atoms with E-state index >= 15 is 0 Å². The standard InChI is InChI=1S/C19H26FN3O2/c20-16-5-2-6-17(13-16)22-19(25)23-11-8-14(9-12-23)7-10-21-18(24)15-3-1-4-15/h2,5-6,13-15H,1,3-4,7-12H2,(H,21,24)(H,22,25). The van der Waals surface area contributed by atoms with Gasteiger partial charge in [0.05, 0.1) is 0 Å². The predicted octanol–water partition coefficient (Wildman–Crippen LogP) is 3.38. The monoisotopic (exact) mass is 347 g/mol. The highest BCUT2D eigenvalue weighted by Gasteiger charge is 2.26. The second-order valence-corrected chi connectivity index (χ2v) is 7.08. The largest absolute Gasteiger partial charge is 0.356 e. The summed E-state index contributed by atoms with van der Waals surface area (Å²) in [6.07, 6.45) is 6.09. The lowest BCUT2D eigenvalue weighted by Crippen LogP contribution is -2.42. The average molecular weight is 347 g/mol. The molecule has 3 rings (SSSR count). The lowest BCUT2D eigenvalue weighted by Gasteiger charge is -2.32. The SMILES string of the molecule is O=C(NCCC1CCN(C(=O)Nc2cccc(F)c2)CC1)C1CCC1. The van der Waals surface area contributed by atoms with Crippen LogP contribution in [0.25, 0.3) is 0 Å². The number of anilines is 1. The van der Waals surface area contributed by atoms with Gasteiger partial charge in [0.1, 0.15) is 5.82 Å². The van der Waals surface area contributed by atoms with Gasteiger partial charge in [-0.15, -0.1) is 0 Å². The van der Waals surface area contributed by atoms with Gasteiger partial charge in [-0.2, -0.15) is 0 Å². The number of urea groups is 1. The Morgan fingerprint density at radius 3 is 2.56 bits per heavy atom. The average Bonchev–Trinajstić information content (AvgIpc) is 2.54. The highest BCUT2D eigenvalue weighted by atomic mass is 19.1. The predicted molar refractivity (Wildman–Crippen MR) is 94.7 cm³/mol. The zero-order chi connectivity index (χ0) is 17.6. The van der Waals surface area contributed by atoms with Crippen molar-refractivity contribution in [2.75, 3.05) is 25.0 Å². The van der Waals surface area contributed by atoms with Gasteiger partial charge in [-0.1, -0.05) is 12.5 Å². The van der Waals surface area contributed by atoms with Gasteiger partial charge in [0.25, 0.3) is 0 Å². The summed E-state index contributed by atoms with van der Waals surface area (Å²) in [5, 5.41) is 5.78. The van der Waals surface area contributed by atoms with Crippen molar-refractivity contribution in [3.8, 4) is 0 Å². The summed E-state index contributed by atoms with van der Waals surface area (Å²) < 4.78 is 13.2. The molecule has 6 heteroatoms. The van der Waals surface area contributed by atoms with E-state index in [0.717, 1.165) is 38.6 Å². The third kappa shape index (κ3) is 4.94. The highest BCUT2D eigenvalue weighted by molar-refractivity contribution is 5.89. The van der Waals surface area contributed by atoms with Crippen molar-refractivity contribution in [1.29, 1.82) is 0 Å². The first-order valence-corrected chi connectivity index (χ1v) is 9.21. The van der Waals surface area contributed by atoms with Crippen molar-refractivity contribution >= 4 is 17.6 Å². The second-order valence-electron chi connectivity index (χ2n) is 7.08. The van der Waals surface area contributed by atoms with Crippen LogP contribution in [0, 0.1) is 17.7 Å². The van der Waals surface area contributed by atoms with E-state index in [-0.39, 0.29) is 23.7 Å². The molecule has 25 heavy (non-hydrogen) atoms. The minimum Gasteiger partial charge on any atom is -0.356 e. The van der Waals surface area contributed by atoms with E-state index in [1.54, 1.807) is 17.0 Å². The maximum atomic E-state index is 13.2. The van der Waals surface area contributed by atoms with Gasteiger partial charge in [0.2, 0.25) is 5.91 Å². The minimum atomic E-state index is -0.361. The minimum absolute atomic E-state index is 0.178. The number of carbonyl (C=O) groups excluding carboxylic acids is 2. The first-order chi connectivity index (χ1) is 12.1. The fourth-order valence-electron chi connectivity index (χ4n) is 3.41. The van der Waals surface area contributed by atoms with E-state index in [4.69, 9.17) is 0 Å². The topological polar surface area (TPSA) is 61.4 Å². The van der Waals surface area contributed by atoms with E-state index in [9.17, 15) is 14.0 Å². The molecule has 1 aliphatic carbocycles. The van der Waals surface area contributed by atoms with Gasteiger partial charge in [-0.25, -0.2) is 9.18 Å². The number of nitrogens with one attached hydrogen (secondary N) is 2. The molecule has 0 aromatic heterocycles. The van der Waals surface area contributed by atoms with Crippen LogP contribution >= 0.6 is 0 Å². The van der Waals surface area contributed by atoms with Crippen molar-refractivity contribution in [3.63, 3.8) is 0 Å². The second kappa shape index (κ2) is 8.32. The molecule has 1 saturated carbocycles. The highest BCUT2D eigenvalue weighted by Crippen LogP contribution is 2.26. The molecule has 1 aromatic carbocycles. The van der Waals surface area contributed by atoms with E-state index in [1.807, 2.05) is 0 Å². The third-order valence-corrected chi connectivity index (χ3v) is 5.31. The Labute approximate surface area is 148 Å². The third-order valence-electron chi connectivity index (χ3n) is 5.31. The Hall–Kier alpha value is -2.11. The van der Waals surface area contributed by atoms with E-state index in [1.165, 1.54) is 18.6 Å². The number of amides is 3. The van der Waals surface area contributed by atoms with E-state index in [2.05, 4.69) is 10.6 Å². The molecule has 1 saturated heterocycles. The van der Waals surface area contributed by atoms with Gasteiger partial charge in [0.15, 0.2) is 0 Å². The first kappa shape index (κ1) is 17.7. The first-order valence-electron chi connectivity index (χ1n) is 9.21. The molecule has 3 amide bonds. The molecule has 5 nitrogen and oxygen atoms in total. The molecule has 2 fully saturated rings. The van der Waals surface area contributed by atoms with Crippen molar-refractivity contribution in [2.45, 2.75) is 38.5 Å². The van der Waals surface area contributed by atoms with Gasteiger partial charge in [0, 0.05) is 31.2 Å². The molecule has 1 aromatic rings. The van der Waals surface area contributed by atoms with Crippen molar-refractivity contribution in [3.05, 3.63) is 30.1 Å². The van der Waals surface area contributed by atoms with E-state index < -0.39 is 0 Å². The van der Waals surface area contributed by atoms with Gasteiger partial charge >= 0.3 is 6.03 Å². The molecule has 0 unspecified atom stereocenters. The zero-order valence-corrected chi connectivity index (χ0v) is 14.5. The molecule has 2 N–H and O–H groups in total.